The molecule has 0 atom stereocenters. The molecule has 0 bridgehead atoms. The first-order chi connectivity index (χ1) is 7.61. The molecule has 0 aliphatic heterocycles. The number of aromatic carboxylic acids is 1. The van der Waals surface area contributed by atoms with Crippen LogP contribution < -0.4 is 4.90 Å². The lowest BCUT2D eigenvalue weighted by Gasteiger charge is -2.16. The molecule has 0 aliphatic carbocycles. The van der Waals surface area contributed by atoms with Crippen molar-refractivity contribution in [1.82, 2.24) is 10.2 Å². The van der Waals surface area contributed by atoms with Gasteiger partial charge in [-0.1, -0.05) is 18.2 Å². The van der Waals surface area contributed by atoms with Gasteiger partial charge in [0.25, 0.3) is 0 Å². The number of hydrogen-bond acceptors (Lipinski definition) is 4. The summed E-state index contributed by atoms with van der Waals surface area (Å²) in [4.78, 5) is 12.8. The van der Waals surface area contributed by atoms with Crippen LogP contribution in [0.2, 0.25) is 0 Å². The Bertz CT molecular complexity index is 552. The van der Waals surface area contributed by atoms with Crippen molar-refractivity contribution in [1.29, 1.82) is 0 Å². The van der Waals surface area contributed by atoms with Crippen LogP contribution in [0, 0.1) is 0 Å². The van der Waals surface area contributed by atoms with E-state index in [4.69, 9.17) is 5.11 Å². The summed E-state index contributed by atoms with van der Waals surface area (Å²) in [7, 11) is 3.58. The fraction of sp³-hybridized carbons (Fsp3) is 0.182. The minimum absolute atomic E-state index is 0.0244. The summed E-state index contributed by atoms with van der Waals surface area (Å²) in [5, 5.41) is 17.5. The van der Waals surface area contributed by atoms with Crippen molar-refractivity contribution in [3.8, 4) is 0 Å². The van der Waals surface area contributed by atoms with Gasteiger partial charge in [-0.2, -0.15) is 0 Å². The molecule has 0 amide bonds. The van der Waals surface area contributed by atoms with E-state index in [0.717, 1.165) is 5.39 Å². The minimum atomic E-state index is -1.07. The number of carboxylic acids is 1. The zero-order valence-corrected chi connectivity index (χ0v) is 9.01. The minimum Gasteiger partial charge on any atom is -0.476 e. The average molecular weight is 217 g/mol. The number of anilines is 1. The predicted octanol–water partition coefficient (Wildman–Crippen LogP) is 1.39. The second-order valence-corrected chi connectivity index (χ2v) is 3.61. The summed E-state index contributed by atoms with van der Waals surface area (Å²) < 4.78 is 0. The molecule has 1 aromatic carbocycles. The zero-order chi connectivity index (χ0) is 11.7. The normalized spacial score (nSPS) is 10.4. The van der Waals surface area contributed by atoms with E-state index in [0.29, 0.717) is 11.2 Å². The molecule has 5 heteroatoms. The molecule has 0 saturated carbocycles. The number of fused-ring (bicyclic) bond motifs is 1. The highest BCUT2D eigenvalue weighted by Crippen LogP contribution is 2.26. The van der Waals surface area contributed by atoms with Crippen molar-refractivity contribution < 1.29 is 9.90 Å². The van der Waals surface area contributed by atoms with E-state index in [9.17, 15) is 4.79 Å². The Kier molecular flexibility index (Phi) is 2.44. The first-order valence-electron chi connectivity index (χ1n) is 4.77. The molecular formula is C11H11N3O2. The molecule has 2 rings (SSSR count). The number of carboxylic acid groups (broad SMARTS) is 1. The van der Waals surface area contributed by atoms with Crippen molar-refractivity contribution in [2.75, 3.05) is 19.0 Å². The molecule has 1 heterocycles. The van der Waals surface area contributed by atoms with Crippen molar-refractivity contribution in [2.45, 2.75) is 0 Å². The van der Waals surface area contributed by atoms with E-state index in [1.165, 1.54) is 0 Å². The smallest absolute Gasteiger partial charge is 0.358 e. The number of benzene rings is 1. The number of nitrogens with zero attached hydrogens (tertiary/aromatic N) is 3. The highest BCUT2D eigenvalue weighted by molar-refractivity contribution is 6.02. The van der Waals surface area contributed by atoms with Crippen LogP contribution in [0.3, 0.4) is 0 Å². The first-order valence-corrected chi connectivity index (χ1v) is 4.77. The Labute approximate surface area is 92.3 Å². The Balaban J connectivity index is 2.84. The molecule has 0 unspecified atom stereocenters. The summed E-state index contributed by atoms with van der Waals surface area (Å²) in [6, 6.07) is 7.34. The second-order valence-electron chi connectivity index (χ2n) is 3.61. The van der Waals surface area contributed by atoms with E-state index in [-0.39, 0.29) is 5.69 Å². The molecule has 0 saturated heterocycles. The number of carbonyl (C=O) groups is 1. The van der Waals surface area contributed by atoms with Crippen LogP contribution in [0.25, 0.3) is 10.9 Å². The molecule has 0 aliphatic rings. The van der Waals surface area contributed by atoms with Gasteiger partial charge in [0.15, 0.2) is 5.69 Å². The Morgan fingerprint density at radius 3 is 2.56 bits per heavy atom. The molecule has 82 valence electrons. The summed E-state index contributed by atoms with van der Waals surface area (Å²) in [5.41, 5.74) is 1.25. The first kappa shape index (κ1) is 10.4. The van der Waals surface area contributed by atoms with Gasteiger partial charge in [0.2, 0.25) is 0 Å². The molecule has 1 N–H and O–H groups in total. The lowest BCUT2D eigenvalue weighted by Crippen LogP contribution is -2.16. The largest absolute Gasteiger partial charge is 0.476 e. The number of aromatic nitrogens is 2. The van der Waals surface area contributed by atoms with E-state index < -0.39 is 5.97 Å². The topological polar surface area (TPSA) is 66.3 Å². The van der Waals surface area contributed by atoms with Gasteiger partial charge in [0.05, 0.1) is 11.2 Å². The zero-order valence-electron chi connectivity index (χ0n) is 9.01. The standard InChI is InChI=1S/C11H11N3O2/c1-14(2)10-7-5-3-4-6-8(7)12-13-9(10)11(15)16/h3-6H,1-2H3,(H,15,16). The molecule has 2 aromatic rings. The van der Waals surface area contributed by atoms with E-state index in [1.807, 2.05) is 18.2 Å². The molecule has 16 heavy (non-hydrogen) atoms. The summed E-state index contributed by atoms with van der Waals surface area (Å²) in [6.45, 7) is 0. The highest BCUT2D eigenvalue weighted by atomic mass is 16.4. The summed E-state index contributed by atoms with van der Waals surface area (Å²) >= 11 is 0. The molecule has 1 aromatic heterocycles. The van der Waals surface area contributed by atoms with Crippen LogP contribution in [0.15, 0.2) is 24.3 Å². The third kappa shape index (κ3) is 1.56. The van der Waals surface area contributed by atoms with Crippen molar-refractivity contribution >= 4 is 22.6 Å². The maximum atomic E-state index is 11.0. The summed E-state index contributed by atoms with van der Waals surface area (Å²) in [5.74, 6) is -1.07. The number of rotatable bonds is 2. The van der Waals surface area contributed by atoms with E-state index >= 15 is 0 Å². The average Bonchev–Trinajstić information content (AvgIpc) is 2.27. The molecule has 5 nitrogen and oxygen atoms in total. The third-order valence-corrected chi connectivity index (χ3v) is 2.29. The quantitative estimate of drug-likeness (QED) is 0.823. The van der Waals surface area contributed by atoms with Crippen molar-refractivity contribution in [3.63, 3.8) is 0 Å². The van der Waals surface area contributed by atoms with Gasteiger partial charge >= 0.3 is 5.97 Å². The van der Waals surface area contributed by atoms with Crippen LogP contribution in [0.5, 0.6) is 0 Å². The van der Waals surface area contributed by atoms with Crippen molar-refractivity contribution in [3.05, 3.63) is 30.0 Å². The second kappa shape index (κ2) is 3.77. The molecule has 0 fully saturated rings. The van der Waals surface area contributed by atoms with Gasteiger partial charge in [-0.3, -0.25) is 0 Å². The fourth-order valence-corrected chi connectivity index (χ4v) is 1.64. The van der Waals surface area contributed by atoms with Gasteiger partial charge in [-0.25, -0.2) is 4.79 Å². The third-order valence-electron chi connectivity index (χ3n) is 2.29. The highest BCUT2D eigenvalue weighted by Gasteiger charge is 2.17. The lowest BCUT2D eigenvalue weighted by molar-refractivity contribution is 0.0690. The van der Waals surface area contributed by atoms with Gasteiger partial charge in [0, 0.05) is 19.5 Å². The van der Waals surface area contributed by atoms with Crippen LogP contribution in [0.4, 0.5) is 5.69 Å². The van der Waals surface area contributed by atoms with Crippen LogP contribution in [0.1, 0.15) is 10.5 Å². The molecular weight excluding hydrogens is 206 g/mol. The SMILES string of the molecule is CN(C)c1c(C(=O)O)nnc2ccccc12. The molecule has 0 radical (unpaired) electrons. The van der Waals surface area contributed by atoms with E-state index in [2.05, 4.69) is 10.2 Å². The predicted molar refractivity (Wildman–Crippen MR) is 60.8 cm³/mol. The lowest BCUT2D eigenvalue weighted by atomic mass is 10.1. The van der Waals surface area contributed by atoms with Crippen LogP contribution in [-0.4, -0.2) is 35.4 Å². The monoisotopic (exact) mass is 217 g/mol. The van der Waals surface area contributed by atoms with Gasteiger partial charge in [0.1, 0.15) is 0 Å². The molecule has 0 spiro atoms. The maximum Gasteiger partial charge on any atom is 0.358 e. The van der Waals surface area contributed by atoms with Gasteiger partial charge < -0.3 is 10.0 Å². The van der Waals surface area contributed by atoms with E-state index in [1.54, 1.807) is 25.1 Å². The Hall–Kier alpha value is -2.17. The Morgan fingerprint density at radius 2 is 1.94 bits per heavy atom. The van der Waals surface area contributed by atoms with Crippen molar-refractivity contribution in [2.24, 2.45) is 0 Å². The number of hydrogen-bond donors (Lipinski definition) is 1. The van der Waals surface area contributed by atoms with Gasteiger partial charge in [-0.05, 0) is 6.07 Å². The van der Waals surface area contributed by atoms with Gasteiger partial charge in [-0.15, -0.1) is 10.2 Å². The maximum absolute atomic E-state index is 11.0. The van der Waals surface area contributed by atoms with Crippen LogP contribution in [-0.2, 0) is 0 Å². The van der Waals surface area contributed by atoms with Crippen LogP contribution >= 0.6 is 0 Å². The Morgan fingerprint density at radius 1 is 1.25 bits per heavy atom. The fourth-order valence-electron chi connectivity index (χ4n) is 1.64. The summed E-state index contributed by atoms with van der Waals surface area (Å²) in [6.07, 6.45) is 0.